The van der Waals surface area contributed by atoms with Crippen LogP contribution in [-0.4, -0.2) is 23.3 Å². The fourth-order valence-electron chi connectivity index (χ4n) is 3.56. The van der Waals surface area contributed by atoms with Crippen LogP contribution in [0.5, 0.6) is 0 Å². The smallest absolute Gasteiger partial charge is 0.229 e. The van der Waals surface area contributed by atoms with Crippen molar-refractivity contribution in [2.75, 3.05) is 6.54 Å². The minimum Gasteiger partial charge on any atom is -0.283 e. The number of rotatable bonds is 4. The molecule has 0 aromatic rings. The number of likely N-dealkylation sites (tertiary alicyclic amines) is 1. The summed E-state index contributed by atoms with van der Waals surface area (Å²) in [5.74, 6) is 0.829. The van der Waals surface area contributed by atoms with E-state index < -0.39 is 0 Å². The van der Waals surface area contributed by atoms with Gasteiger partial charge in [0.05, 0.1) is 0 Å². The molecule has 19 heavy (non-hydrogen) atoms. The Labute approximate surface area is 116 Å². The average molecular weight is 265 g/mol. The van der Waals surface area contributed by atoms with Crippen molar-refractivity contribution >= 4 is 11.8 Å². The molecule has 2 aliphatic rings. The summed E-state index contributed by atoms with van der Waals surface area (Å²) in [5, 5.41) is 0. The number of amides is 2. The van der Waals surface area contributed by atoms with Crippen molar-refractivity contribution in [2.24, 2.45) is 11.3 Å². The number of carbonyl (C=O) groups is 2. The van der Waals surface area contributed by atoms with Crippen molar-refractivity contribution in [3.05, 3.63) is 0 Å². The average Bonchev–Trinajstić information content (AvgIpc) is 2.83. The van der Waals surface area contributed by atoms with Crippen LogP contribution < -0.4 is 0 Å². The molecule has 3 heteroatoms. The maximum absolute atomic E-state index is 12.1. The predicted molar refractivity (Wildman–Crippen MR) is 75.5 cm³/mol. The van der Waals surface area contributed by atoms with E-state index in [9.17, 15) is 9.59 Å². The van der Waals surface area contributed by atoms with Crippen LogP contribution in [0.3, 0.4) is 0 Å². The lowest BCUT2D eigenvalue weighted by Crippen LogP contribution is -2.34. The lowest BCUT2D eigenvalue weighted by molar-refractivity contribution is -0.142. The molecule has 1 aliphatic heterocycles. The third-order valence-electron chi connectivity index (χ3n) is 5.07. The van der Waals surface area contributed by atoms with E-state index in [4.69, 9.17) is 0 Å². The summed E-state index contributed by atoms with van der Waals surface area (Å²) in [6.45, 7) is 5.23. The molecule has 0 unspecified atom stereocenters. The molecule has 0 atom stereocenters. The third-order valence-corrected chi connectivity index (χ3v) is 5.07. The predicted octanol–water partition coefficient (Wildman–Crippen LogP) is 3.52. The van der Waals surface area contributed by atoms with Gasteiger partial charge in [0, 0.05) is 19.4 Å². The van der Waals surface area contributed by atoms with Crippen molar-refractivity contribution in [1.82, 2.24) is 4.90 Å². The standard InChI is InChI=1S/C16H27NO2/c1-16(2,13-7-4-3-5-8-13)11-10-15(19)17-12-6-9-14(17)18/h13H,3-12H2,1-2H3. The molecule has 1 saturated heterocycles. The molecule has 0 radical (unpaired) electrons. The van der Waals surface area contributed by atoms with Crippen molar-refractivity contribution in [1.29, 1.82) is 0 Å². The highest BCUT2D eigenvalue weighted by atomic mass is 16.2. The van der Waals surface area contributed by atoms with Crippen LogP contribution in [0.25, 0.3) is 0 Å². The Hall–Kier alpha value is -0.860. The van der Waals surface area contributed by atoms with Crippen molar-refractivity contribution in [3.8, 4) is 0 Å². The Morgan fingerprint density at radius 2 is 1.89 bits per heavy atom. The fourth-order valence-corrected chi connectivity index (χ4v) is 3.56. The lowest BCUT2D eigenvalue weighted by atomic mass is 9.69. The van der Waals surface area contributed by atoms with E-state index in [1.54, 1.807) is 0 Å². The summed E-state index contributed by atoms with van der Waals surface area (Å²) in [7, 11) is 0. The molecular weight excluding hydrogens is 238 g/mol. The highest BCUT2D eigenvalue weighted by molar-refractivity contribution is 5.96. The summed E-state index contributed by atoms with van der Waals surface area (Å²) >= 11 is 0. The van der Waals surface area contributed by atoms with E-state index in [0.717, 1.165) is 18.8 Å². The zero-order valence-corrected chi connectivity index (χ0v) is 12.4. The number of carbonyl (C=O) groups excluding carboxylic acids is 2. The minimum atomic E-state index is 0.0282. The summed E-state index contributed by atoms with van der Waals surface area (Å²) in [6.07, 6.45) is 9.52. The number of nitrogens with zero attached hydrogens (tertiary/aromatic N) is 1. The van der Waals surface area contributed by atoms with E-state index in [1.807, 2.05) is 0 Å². The molecular formula is C16H27NO2. The van der Waals surface area contributed by atoms with Gasteiger partial charge >= 0.3 is 0 Å². The first-order valence-electron chi connectivity index (χ1n) is 7.84. The highest BCUT2D eigenvalue weighted by Crippen LogP contribution is 2.41. The normalized spacial score (nSPS) is 22.0. The monoisotopic (exact) mass is 265 g/mol. The quantitative estimate of drug-likeness (QED) is 0.780. The molecule has 2 rings (SSSR count). The minimum absolute atomic E-state index is 0.0282. The molecule has 1 saturated carbocycles. The van der Waals surface area contributed by atoms with Gasteiger partial charge in [-0.1, -0.05) is 33.1 Å². The molecule has 1 aliphatic carbocycles. The maximum Gasteiger partial charge on any atom is 0.229 e. The fraction of sp³-hybridized carbons (Fsp3) is 0.875. The third kappa shape index (κ3) is 3.58. The second kappa shape index (κ2) is 6.06. The summed E-state index contributed by atoms with van der Waals surface area (Å²) in [5.41, 5.74) is 0.235. The van der Waals surface area contributed by atoms with Crippen LogP contribution in [-0.2, 0) is 9.59 Å². The van der Waals surface area contributed by atoms with E-state index in [2.05, 4.69) is 13.8 Å². The van der Waals surface area contributed by atoms with E-state index in [0.29, 0.717) is 19.4 Å². The van der Waals surface area contributed by atoms with Crippen LogP contribution in [0.15, 0.2) is 0 Å². The van der Waals surface area contributed by atoms with Gasteiger partial charge in [0.25, 0.3) is 0 Å². The Morgan fingerprint density at radius 1 is 1.21 bits per heavy atom. The molecule has 0 bridgehead atoms. The lowest BCUT2D eigenvalue weighted by Gasteiger charge is -2.37. The Kier molecular flexibility index (Phi) is 4.64. The molecule has 0 aromatic heterocycles. The maximum atomic E-state index is 12.1. The van der Waals surface area contributed by atoms with Gasteiger partial charge in [-0.15, -0.1) is 0 Å². The molecule has 3 nitrogen and oxygen atoms in total. The van der Waals surface area contributed by atoms with E-state index in [1.165, 1.54) is 37.0 Å². The van der Waals surface area contributed by atoms with Gasteiger partial charge in [-0.3, -0.25) is 14.5 Å². The van der Waals surface area contributed by atoms with Gasteiger partial charge in [-0.25, -0.2) is 0 Å². The Bertz CT molecular complexity index is 343. The summed E-state index contributed by atoms with van der Waals surface area (Å²) < 4.78 is 0. The van der Waals surface area contributed by atoms with Crippen LogP contribution in [0, 0.1) is 11.3 Å². The molecule has 1 heterocycles. The van der Waals surface area contributed by atoms with Gasteiger partial charge in [0.15, 0.2) is 0 Å². The van der Waals surface area contributed by atoms with Gasteiger partial charge < -0.3 is 0 Å². The number of hydrogen-bond donors (Lipinski definition) is 0. The first-order valence-corrected chi connectivity index (χ1v) is 7.84. The van der Waals surface area contributed by atoms with Gasteiger partial charge in [-0.05, 0) is 37.0 Å². The summed E-state index contributed by atoms with van der Waals surface area (Å²) in [6, 6.07) is 0. The second-order valence-corrected chi connectivity index (χ2v) is 6.87. The Morgan fingerprint density at radius 3 is 2.47 bits per heavy atom. The molecule has 2 fully saturated rings. The van der Waals surface area contributed by atoms with Crippen LogP contribution in [0.4, 0.5) is 0 Å². The number of hydrogen-bond acceptors (Lipinski definition) is 2. The Balaban J connectivity index is 1.83. The molecule has 0 N–H and O–H groups in total. The first-order chi connectivity index (χ1) is 9.00. The largest absolute Gasteiger partial charge is 0.283 e. The number of imide groups is 1. The van der Waals surface area contributed by atoms with Crippen LogP contribution >= 0.6 is 0 Å². The van der Waals surface area contributed by atoms with Gasteiger partial charge in [0.1, 0.15) is 0 Å². The molecule has 108 valence electrons. The molecule has 0 aromatic carbocycles. The molecule has 0 spiro atoms. The van der Waals surface area contributed by atoms with Crippen molar-refractivity contribution in [3.63, 3.8) is 0 Å². The summed E-state index contributed by atoms with van der Waals surface area (Å²) in [4.78, 5) is 25.1. The zero-order valence-electron chi connectivity index (χ0n) is 12.4. The van der Waals surface area contributed by atoms with Gasteiger partial charge in [0.2, 0.25) is 11.8 Å². The second-order valence-electron chi connectivity index (χ2n) is 6.87. The van der Waals surface area contributed by atoms with Crippen molar-refractivity contribution in [2.45, 2.75) is 71.6 Å². The topological polar surface area (TPSA) is 37.4 Å². The molecule has 2 amide bonds. The first kappa shape index (κ1) is 14.5. The van der Waals surface area contributed by atoms with Crippen LogP contribution in [0.2, 0.25) is 0 Å². The van der Waals surface area contributed by atoms with Crippen LogP contribution in [0.1, 0.15) is 71.6 Å². The van der Waals surface area contributed by atoms with Gasteiger partial charge in [-0.2, -0.15) is 0 Å². The zero-order chi connectivity index (χ0) is 13.9. The van der Waals surface area contributed by atoms with E-state index >= 15 is 0 Å². The SMILES string of the molecule is CC(C)(CCC(=O)N1CCCC1=O)C1CCCCC1. The highest BCUT2D eigenvalue weighted by Gasteiger charge is 2.32. The van der Waals surface area contributed by atoms with E-state index in [-0.39, 0.29) is 17.2 Å². The van der Waals surface area contributed by atoms with Crippen molar-refractivity contribution < 1.29 is 9.59 Å².